The fraction of sp³-hybridized carbons (Fsp3) is 0.591. The molecule has 2 N–H and O–H groups in total. The summed E-state index contributed by atoms with van der Waals surface area (Å²) in [4.78, 5) is 41.0. The van der Waals surface area contributed by atoms with E-state index in [2.05, 4.69) is 15.5 Å². The molecule has 7 nitrogen and oxygen atoms in total. The van der Waals surface area contributed by atoms with Gasteiger partial charge in [0.1, 0.15) is 6.04 Å². The van der Waals surface area contributed by atoms with E-state index < -0.39 is 12.1 Å². The molecule has 4 amide bonds. The predicted molar refractivity (Wildman–Crippen MR) is 109 cm³/mol. The van der Waals surface area contributed by atoms with Gasteiger partial charge in [-0.25, -0.2) is 4.79 Å². The standard InChI is InChI=1S/C22H30N4O3/c27-20(23-14-17-9-6-12-25-11-5-4-10-19(17)25)13-18-21(28)26(22(29)24-18)15-16-7-2-1-3-8-16/h1-3,7-8,17-19H,4-6,9-15H2,(H,23,27)(H,24,29)/t17-,18-,19-/m0/s1. The van der Waals surface area contributed by atoms with Crippen LogP contribution in [0.2, 0.25) is 0 Å². The first-order chi connectivity index (χ1) is 14.1. The van der Waals surface area contributed by atoms with Crippen molar-refractivity contribution in [3.63, 3.8) is 0 Å². The first-order valence-electron chi connectivity index (χ1n) is 10.8. The fourth-order valence-electron chi connectivity index (χ4n) is 4.95. The molecule has 29 heavy (non-hydrogen) atoms. The van der Waals surface area contributed by atoms with Crippen molar-refractivity contribution in [3.8, 4) is 0 Å². The molecule has 3 fully saturated rings. The third kappa shape index (κ3) is 4.61. The Hall–Kier alpha value is -2.41. The Balaban J connectivity index is 1.27. The molecule has 3 saturated heterocycles. The topological polar surface area (TPSA) is 81.8 Å². The van der Waals surface area contributed by atoms with Crippen molar-refractivity contribution in [2.45, 2.75) is 57.2 Å². The van der Waals surface area contributed by atoms with E-state index in [-0.39, 0.29) is 24.8 Å². The van der Waals surface area contributed by atoms with Crippen LogP contribution in [0.3, 0.4) is 0 Å². The highest BCUT2D eigenvalue weighted by atomic mass is 16.2. The average molecular weight is 399 g/mol. The van der Waals surface area contributed by atoms with Crippen LogP contribution in [0.5, 0.6) is 0 Å². The van der Waals surface area contributed by atoms with Crippen molar-refractivity contribution < 1.29 is 14.4 Å². The Kier molecular flexibility index (Phi) is 6.13. The minimum atomic E-state index is -0.774. The summed E-state index contributed by atoms with van der Waals surface area (Å²) in [5.41, 5.74) is 0.885. The molecule has 0 radical (unpaired) electrons. The third-order valence-electron chi connectivity index (χ3n) is 6.47. The van der Waals surface area contributed by atoms with Gasteiger partial charge < -0.3 is 15.5 Å². The van der Waals surface area contributed by atoms with Crippen LogP contribution in [0.15, 0.2) is 30.3 Å². The molecule has 3 aliphatic rings. The van der Waals surface area contributed by atoms with Gasteiger partial charge in [-0.05, 0) is 50.3 Å². The van der Waals surface area contributed by atoms with Crippen molar-refractivity contribution >= 4 is 17.8 Å². The number of piperidine rings is 2. The zero-order valence-electron chi connectivity index (χ0n) is 16.8. The van der Waals surface area contributed by atoms with Crippen LogP contribution in [0.1, 0.15) is 44.1 Å². The van der Waals surface area contributed by atoms with Crippen LogP contribution in [0.4, 0.5) is 4.79 Å². The lowest BCUT2D eigenvalue weighted by Crippen LogP contribution is -2.51. The van der Waals surface area contributed by atoms with Crippen molar-refractivity contribution in [1.82, 2.24) is 20.4 Å². The smallest absolute Gasteiger partial charge is 0.325 e. The van der Waals surface area contributed by atoms with Gasteiger partial charge in [-0.15, -0.1) is 0 Å². The molecule has 7 heteroatoms. The van der Waals surface area contributed by atoms with Gasteiger partial charge in [-0.3, -0.25) is 14.5 Å². The van der Waals surface area contributed by atoms with Gasteiger partial charge in [-0.2, -0.15) is 0 Å². The minimum Gasteiger partial charge on any atom is -0.356 e. The van der Waals surface area contributed by atoms with Crippen LogP contribution >= 0.6 is 0 Å². The second-order valence-electron chi connectivity index (χ2n) is 8.42. The molecule has 0 aliphatic carbocycles. The molecule has 0 unspecified atom stereocenters. The SMILES string of the molecule is O=C(C[C@@H]1NC(=O)N(Cc2ccccc2)C1=O)NC[C@@H]1CCCN2CCCC[C@@H]12. The summed E-state index contributed by atoms with van der Waals surface area (Å²) < 4.78 is 0. The van der Waals surface area contributed by atoms with Crippen LogP contribution in [0.25, 0.3) is 0 Å². The normalized spacial score (nSPS) is 27.4. The molecule has 1 aromatic rings. The van der Waals surface area contributed by atoms with E-state index in [0.29, 0.717) is 18.5 Å². The Bertz CT molecular complexity index is 752. The Labute approximate surface area is 171 Å². The van der Waals surface area contributed by atoms with Gasteiger partial charge in [-0.1, -0.05) is 36.8 Å². The highest BCUT2D eigenvalue weighted by Gasteiger charge is 2.39. The van der Waals surface area contributed by atoms with Crippen LogP contribution < -0.4 is 10.6 Å². The second kappa shape index (κ2) is 8.95. The largest absolute Gasteiger partial charge is 0.356 e. The lowest BCUT2D eigenvalue weighted by atomic mass is 9.83. The van der Waals surface area contributed by atoms with Gasteiger partial charge >= 0.3 is 6.03 Å². The summed E-state index contributed by atoms with van der Waals surface area (Å²) in [7, 11) is 0. The molecule has 0 aromatic heterocycles. The molecule has 0 saturated carbocycles. The Morgan fingerprint density at radius 3 is 2.69 bits per heavy atom. The molecule has 0 spiro atoms. The third-order valence-corrected chi connectivity index (χ3v) is 6.47. The number of urea groups is 1. The fourth-order valence-corrected chi connectivity index (χ4v) is 4.95. The zero-order chi connectivity index (χ0) is 20.2. The number of benzene rings is 1. The molecular formula is C22H30N4O3. The summed E-state index contributed by atoms with van der Waals surface area (Å²) in [6, 6.07) is 8.76. The molecule has 156 valence electrons. The highest BCUT2D eigenvalue weighted by molar-refractivity contribution is 6.05. The zero-order valence-corrected chi connectivity index (χ0v) is 16.8. The number of nitrogens with one attached hydrogen (secondary N) is 2. The monoisotopic (exact) mass is 398 g/mol. The number of nitrogens with zero attached hydrogens (tertiary/aromatic N) is 2. The number of hydrogen-bond donors (Lipinski definition) is 2. The number of hydrogen-bond acceptors (Lipinski definition) is 4. The number of fused-ring (bicyclic) bond motifs is 1. The quantitative estimate of drug-likeness (QED) is 0.717. The van der Waals surface area contributed by atoms with E-state index >= 15 is 0 Å². The first-order valence-corrected chi connectivity index (χ1v) is 10.8. The molecular weight excluding hydrogens is 368 g/mol. The molecule has 3 heterocycles. The van der Waals surface area contributed by atoms with Crippen LogP contribution in [-0.2, 0) is 16.1 Å². The van der Waals surface area contributed by atoms with Crippen LogP contribution in [-0.4, -0.2) is 59.4 Å². The van der Waals surface area contributed by atoms with Gasteiger partial charge in [0, 0.05) is 12.6 Å². The summed E-state index contributed by atoms with van der Waals surface area (Å²) in [6.07, 6.45) is 6.08. The van der Waals surface area contributed by atoms with E-state index in [1.807, 2.05) is 30.3 Å². The first kappa shape index (κ1) is 19.9. The van der Waals surface area contributed by atoms with Crippen LogP contribution in [0, 0.1) is 5.92 Å². The van der Waals surface area contributed by atoms with Gasteiger partial charge in [0.15, 0.2) is 0 Å². The van der Waals surface area contributed by atoms with Crippen molar-refractivity contribution in [2.75, 3.05) is 19.6 Å². The molecule has 4 rings (SSSR count). The summed E-state index contributed by atoms with van der Waals surface area (Å²) in [5.74, 6) is -0.0141. The highest BCUT2D eigenvalue weighted by Crippen LogP contribution is 2.30. The van der Waals surface area contributed by atoms with E-state index in [1.54, 1.807) is 0 Å². The summed E-state index contributed by atoms with van der Waals surface area (Å²) in [5, 5.41) is 5.68. The molecule has 0 bridgehead atoms. The number of carbonyl (C=O) groups is 3. The van der Waals surface area contributed by atoms with E-state index in [4.69, 9.17) is 0 Å². The summed E-state index contributed by atoms with van der Waals surface area (Å²) in [6.45, 7) is 3.23. The minimum absolute atomic E-state index is 0.00301. The van der Waals surface area contributed by atoms with Gasteiger partial charge in [0.25, 0.3) is 5.91 Å². The maximum atomic E-state index is 12.6. The number of carbonyl (C=O) groups excluding carboxylic acids is 3. The average Bonchev–Trinajstić information content (AvgIpc) is 3.00. The van der Waals surface area contributed by atoms with E-state index in [0.717, 1.165) is 12.0 Å². The predicted octanol–water partition coefficient (Wildman–Crippen LogP) is 1.88. The lowest BCUT2D eigenvalue weighted by molar-refractivity contribution is -0.131. The van der Waals surface area contributed by atoms with E-state index in [1.165, 1.54) is 43.7 Å². The molecule has 3 atom stereocenters. The van der Waals surface area contributed by atoms with Crippen molar-refractivity contribution in [1.29, 1.82) is 0 Å². The Morgan fingerprint density at radius 2 is 1.86 bits per heavy atom. The van der Waals surface area contributed by atoms with Crippen molar-refractivity contribution in [3.05, 3.63) is 35.9 Å². The number of rotatable bonds is 6. The van der Waals surface area contributed by atoms with Gasteiger partial charge in [0.05, 0.1) is 13.0 Å². The van der Waals surface area contributed by atoms with Gasteiger partial charge in [0.2, 0.25) is 5.91 Å². The second-order valence-corrected chi connectivity index (χ2v) is 8.42. The Morgan fingerprint density at radius 1 is 1.07 bits per heavy atom. The number of imide groups is 1. The number of amides is 4. The van der Waals surface area contributed by atoms with Crippen molar-refractivity contribution in [2.24, 2.45) is 5.92 Å². The maximum Gasteiger partial charge on any atom is 0.325 e. The molecule has 1 aromatic carbocycles. The maximum absolute atomic E-state index is 12.6. The molecule has 3 aliphatic heterocycles. The lowest BCUT2D eigenvalue weighted by Gasteiger charge is -2.44. The van der Waals surface area contributed by atoms with E-state index in [9.17, 15) is 14.4 Å². The summed E-state index contributed by atoms with van der Waals surface area (Å²) >= 11 is 0.